The minimum Gasteiger partial charge on any atom is -0.356 e. The maximum Gasteiger partial charge on any atom is 0.242 e. The molecule has 0 unspecified atom stereocenters. The van der Waals surface area contributed by atoms with Crippen LogP contribution in [0, 0.1) is 0 Å². The van der Waals surface area contributed by atoms with Gasteiger partial charge in [0, 0.05) is 36.7 Å². The zero-order chi connectivity index (χ0) is 20.7. The van der Waals surface area contributed by atoms with E-state index in [9.17, 15) is 9.59 Å². The largest absolute Gasteiger partial charge is 0.356 e. The highest BCUT2D eigenvalue weighted by Crippen LogP contribution is 2.13. The maximum absolute atomic E-state index is 12.6. The molecule has 0 aromatic heterocycles. The third-order valence-electron chi connectivity index (χ3n) is 4.13. The van der Waals surface area contributed by atoms with Gasteiger partial charge in [-0.1, -0.05) is 23.7 Å². The predicted octanol–water partition coefficient (Wildman–Crippen LogP) is 2.48. The Labute approximate surface area is 195 Å². The van der Waals surface area contributed by atoms with Crippen LogP contribution in [-0.2, 0) is 16.1 Å². The number of guanidine groups is 1. The Balaban J connectivity index is 0.00000420. The minimum atomic E-state index is -0.297. The highest BCUT2D eigenvalue weighted by atomic mass is 127. The van der Waals surface area contributed by atoms with Crippen molar-refractivity contribution in [1.29, 1.82) is 0 Å². The van der Waals surface area contributed by atoms with Crippen LogP contribution >= 0.6 is 35.6 Å². The fraction of sp³-hybridized carbons (Fsp3) is 0.550. The quantitative estimate of drug-likeness (QED) is 0.345. The molecule has 0 bridgehead atoms. The molecule has 0 radical (unpaired) electrons. The predicted molar refractivity (Wildman–Crippen MR) is 128 cm³/mol. The van der Waals surface area contributed by atoms with Gasteiger partial charge >= 0.3 is 0 Å². The number of halogens is 2. The highest BCUT2D eigenvalue weighted by molar-refractivity contribution is 14.0. The molecule has 0 saturated carbocycles. The van der Waals surface area contributed by atoms with E-state index in [1.807, 2.05) is 61.8 Å². The van der Waals surface area contributed by atoms with Gasteiger partial charge in [0.05, 0.1) is 6.54 Å². The Kier molecular flexibility index (Phi) is 10.2. The number of hydrogen-bond donors (Lipinski definition) is 2. The Morgan fingerprint density at radius 1 is 1.21 bits per heavy atom. The van der Waals surface area contributed by atoms with Crippen LogP contribution in [0.3, 0.4) is 0 Å². The summed E-state index contributed by atoms with van der Waals surface area (Å²) in [6.07, 6.45) is 0. The first-order valence-corrected chi connectivity index (χ1v) is 9.92. The van der Waals surface area contributed by atoms with E-state index in [-0.39, 0.29) is 54.4 Å². The summed E-state index contributed by atoms with van der Waals surface area (Å²) in [7, 11) is 0. The number of nitrogens with one attached hydrogen (secondary N) is 2. The Bertz CT molecular complexity index is 719. The summed E-state index contributed by atoms with van der Waals surface area (Å²) in [6.45, 7) is 10.5. The smallest absolute Gasteiger partial charge is 0.242 e. The molecule has 7 nitrogen and oxygen atoms in total. The number of carbonyl (C=O) groups is 2. The fourth-order valence-corrected chi connectivity index (χ4v) is 3.02. The van der Waals surface area contributed by atoms with Crippen molar-refractivity contribution in [2.75, 3.05) is 32.7 Å². The van der Waals surface area contributed by atoms with Gasteiger partial charge in [0.15, 0.2) is 5.96 Å². The number of aliphatic imine (C=N–C) groups is 1. The number of amides is 2. The van der Waals surface area contributed by atoms with Crippen molar-refractivity contribution in [2.24, 2.45) is 4.99 Å². The van der Waals surface area contributed by atoms with Crippen molar-refractivity contribution in [3.8, 4) is 0 Å². The van der Waals surface area contributed by atoms with E-state index in [0.717, 1.165) is 5.56 Å². The van der Waals surface area contributed by atoms with Crippen LogP contribution in [0.25, 0.3) is 0 Å². The molecule has 1 aliphatic rings. The van der Waals surface area contributed by atoms with Crippen molar-refractivity contribution in [2.45, 2.75) is 39.8 Å². The molecular formula is C20H31ClIN5O2. The SMILES string of the molecule is CCNC(=NCC(=O)NC(C)(C)C)N1CCN(Cc2ccc(Cl)cc2)C(=O)C1.I. The van der Waals surface area contributed by atoms with Crippen LogP contribution in [0.2, 0.25) is 5.02 Å². The lowest BCUT2D eigenvalue weighted by molar-refractivity contribution is -0.135. The number of nitrogens with zero attached hydrogens (tertiary/aromatic N) is 3. The Morgan fingerprint density at radius 2 is 1.86 bits per heavy atom. The van der Waals surface area contributed by atoms with E-state index >= 15 is 0 Å². The van der Waals surface area contributed by atoms with Gasteiger partial charge < -0.3 is 20.4 Å². The van der Waals surface area contributed by atoms with Gasteiger partial charge in [0.25, 0.3) is 0 Å². The van der Waals surface area contributed by atoms with E-state index in [2.05, 4.69) is 15.6 Å². The average Bonchev–Trinajstić information content (AvgIpc) is 2.60. The first-order valence-electron chi connectivity index (χ1n) is 9.54. The van der Waals surface area contributed by atoms with Crippen LogP contribution in [0.15, 0.2) is 29.3 Å². The van der Waals surface area contributed by atoms with Gasteiger partial charge in [-0.15, -0.1) is 24.0 Å². The number of rotatable bonds is 5. The van der Waals surface area contributed by atoms with Gasteiger partial charge in [-0.2, -0.15) is 0 Å². The van der Waals surface area contributed by atoms with Crippen LogP contribution < -0.4 is 10.6 Å². The molecule has 1 aliphatic heterocycles. The lowest BCUT2D eigenvalue weighted by Gasteiger charge is -2.36. The minimum absolute atomic E-state index is 0. The summed E-state index contributed by atoms with van der Waals surface area (Å²) in [6, 6.07) is 7.52. The molecule has 0 atom stereocenters. The molecule has 2 N–H and O–H groups in total. The molecule has 1 aromatic carbocycles. The topological polar surface area (TPSA) is 77.0 Å². The first-order chi connectivity index (χ1) is 13.2. The summed E-state index contributed by atoms with van der Waals surface area (Å²) in [5.74, 6) is 0.479. The van der Waals surface area contributed by atoms with Crippen molar-refractivity contribution >= 4 is 53.4 Å². The number of carbonyl (C=O) groups excluding carboxylic acids is 2. The van der Waals surface area contributed by atoms with Crippen LogP contribution in [0.4, 0.5) is 0 Å². The summed E-state index contributed by atoms with van der Waals surface area (Å²) in [4.78, 5) is 32.8. The molecule has 1 aromatic rings. The second kappa shape index (κ2) is 11.6. The summed E-state index contributed by atoms with van der Waals surface area (Å²) < 4.78 is 0. The van der Waals surface area contributed by atoms with E-state index in [4.69, 9.17) is 11.6 Å². The third-order valence-corrected chi connectivity index (χ3v) is 4.38. The molecule has 0 spiro atoms. The molecule has 162 valence electrons. The zero-order valence-corrected chi connectivity index (χ0v) is 20.6. The van der Waals surface area contributed by atoms with Gasteiger partial charge in [-0.3, -0.25) is 9.59 Å². The van der Waals surface area contributed by atoms with Crippen molar-refractivity contribution in [3.05, 3.63) is 34.9 Å². The second-order valence-corrected chi connectivity index (χ2v) is 8.27. The summed E-state index contributed by atoms with van der Waals surface area (Å²) >= 11 is 5.92. The summed E-state index contributed by atoms with van der Waals surface area (Å²) in [5.41, 5.74) is 0.749. The van der Waals surface area contributed by atoms with E-state index in [1.165, 1.54) is 0 Å². The van der Waals surface area contributed by atoms with E-state index < -0.39 is 0 Å². The molecule has 2 amide bonds. The molecule has 1 heterocycles. The second-order valence-electron chi connectivity index (χ2n) is 7.83. The van der Waals surface area contributed by atoms with E-state index in [0.29, 0.717) is 37.2 Å². The summed E-state index contributed by atoms with van der Waals surface area (Å²) in [5, 5.41) is 6.74. The van der Waals surface area contributed by atoms with Gasteiger partial charge in [0.2, 0.25) is 11.8 Å². The van der Waals surface area contributed by atoms with Gasteiger partial charge in [0.1, 0.15) is 6.54 Å². The molecular weight excluding hydrogens is 505 g/mol. The molecule has 0 aliphatic carbocycles. The lowest BCUT2D eigenvalue weighted by atomic mass is 10.1. The zero-order valence-electron chi connectivity index (χ0n) is 17.5. The Morgan fingerprint density at radius 3 is 2.41 bits per heavy atom. The molecule has 29 heavy (non-hydrogen) atoms. The molecule has 9 heteroatoms. The van der Waals surface area contributed by atoms with Crippen molar-refractivity contribution in [3.63, 3.8) is 0 Å². The average molecular weight is 536 g/mol. The standard InChI is InChI=1S/C20H30ClN5O2.HI/c1-5-22-19(23-12-17(27)24-20(2,3)4)26-11-10-25(18(28)14-26)13-15-6-8-16(21)9-7-15;/h6-9H,5,10-14H2,1-4H3,(H,22,23)(H,24,27);1H. The lowest BCUT2D eigenvalue weighted by Crippen LogP contribution is -2.55. The van der Waals surface area contributed by atoms with E-state index in [1.54, 1.807) is 0 Å². The molecule has 1 fully saturated rings. The molecule has 2 rings (SSSR count). The monoisotopic (exact) mass is 535 g/mol. The van der Waals surface area contributed by atoms with Gasteiger partial charge in [-0.25, -0.2) is 4.99 Å². The highest BCUT2D eigenvalue weighted by Gasteiger charge is 2.26. The van der Waals surface area contributed by atoms with Crippen LogP contribution in [0.5, 0.6) is 0 Å². The van der Waals surface area contributed by atoms with Gasteiger partial charge in [-0.05, 0) is 45.4 Å². The van der Waals surface area contributed by atoms with Crippen molar-refractivity contribution < 1.29 is 9.59 Å². The van der Waals surface area contributed by atoms with Crippen LogP contribution in [0.1, 0.15) is 33.3 Å². The number of hydrogen-bond acceptors (Lipinski definition) is 3. The maximum atomic E-state index is 12.6. The third kappa shape index (κ3) is 8.77. The normalized spacial score (nSPS) is 15.1. The fourth-order valence-electron chi connectivity index (χ4n) is 2.90. The van der Waals surface area contributed by atoms with Crippen molar-refractivity contribution in [1.82, 2.24) is 20.4 Å². The molecule has 1 saturated heterocycles. The first kappa shape index (κ1) is 25.5. The van der Waals surface area contributed by atoms with Crippen LogP contribution in [-0.4, -0.2) is 65.8 Å². The Hall–Kier alpha value is -1.55. The number of benzene rings is 1. The number of piperazine rings is 1.